The summed E-state index contributed by atoms with van der Waals surface area (Å²) >= 11 is 0. The van der Waals surface area contributed by atoms with Crippen molar-refractivity contribution in [3.8, 4) is 0 Å². The Hall–Kier alpha value is -2.24. The number of amides is 1. The highest BCUT2D eigenvalue weighted by atomic mass is 16.1. The van der Waals surface area contributed by atoms with Crippen LogP contribution in [0.15, 0.2) is 37.2 Å². The fourth-order valence-electron chi connectivity index (χ4n) is 1.39. The van der Waals surface area contributed by atoms with Crippen LogP contribution in [0.4, 0.5) is 5.69 Å². The zero-order chi connectivity index (χ0) is 12.1. The summed E-state index contributed by atoms with van der Waals surface area (Å²) in [5.74, 6) is -0.245. The Morgan fingerprint density at radius 1 is 1.53 bits per heavy atom. The predicted octanol–water partition coefficient (Wildman–Crippen LogP) is 0.948. The van der Waals surface area contributed by atoms with E-state index in [1.807, 2.05) is 6.92 Å². The molecule has 0 aliphatic heterocycles. The van der Waals surface area contributed by atoms with Crippen molar-refractivity contribution in [3.05, 3.63) is 37.2 Å². The van der Waals surface area contributed by atoms with Gasteiger partial charge in [0.25, 0.3) is 0 Å². The van der Waals surface area contributed by atoms with Gasteiger partial charge in [0.1, 0.15) is 12.7 Å². The van der Waals surface area contributed by atoms with Crippen molar-refractivity contribution in [2.75, 3.05) is 5.32 Å². The van der Waals surface area contributed by atoms with E-state index in [0.717, 1.165) is 0 Å². The van der Waals surface area contributed by atoms with E-state index in [-0.39, 0.29) is 11.8 Å². The minimum atomic E-state index is -0.183. The molecule has 0 aromatic carbocycles. The molecule has 2 rings (SSSR count). The number of carbonyl (C=O) groups excluding carboxylic acids is 1. The predicted molar refractivity (Wildman–Crippen MR) is 62.1 cm³/mol. The van der Waals surface area contributed by atoms with Gasteiger partial charge >= 0.3 is 0 Å². The summed E-state index contributed by atoms with van der Waals surface area (Å²) in [6.07, 6.45) is 6.31. The molecule has 6 heteroatoms. The van der Waals surface area contributed by atoms with E-state index in [9.17, 15) is 4.79 Å². The lowest BCUT2D eigenvalue weighted by Crippen LogP contribution is -2.24. The molecule has 88 valence electrons. The molecule has 1 unspecified atom stereocenters. The highest BCUT2D eigenvalue weighted by molar-refractivity contribution is 5.92. The number of carbonyl (C=O) groups is 1. The fourth-order valence-corrected chi connectivity index (χ4v) is 1.39. The summed E-state index contributed by atoms with van der Waals surface area (Å²) in [6, 6.07) is 3.57. The molecule has 0 aliphatic carbocycles. The number of rotatable bonds is 4. The summed E-state index contributed by atoms with van der Waals surface area (Å²) in [6.45, 7) is 2.35. The summed E-state index contributed by atoms with van der Waals surface area (Å²) < 4.78 is 1.63. The SMILES string of the molecule is CC(Cn1cncn1)C(=O)Nc1cccnc1. The second-order valence-electron chi connectivity index (χ2n) is 3.75. The van der Waals surface area contributed by atoms with Crippen molar-refractivity contribution >= 4 is 11.6 Å². The zero-order valence-electron chi connectivity index (χ0n) is 9.45. The standard InChI is InChI=1S/C11H13N5O/c1-9(6-16-8-13-7-14-16)11(17)15-10-3-2-4-12-5-10/h2-5,7-9H,6H2,1H3,(H,15,17). The molecule has 1 amide bonds. The van der Waals surface area contributed by atoms with Gasteiger partial charge in [-0.05, 0) is 12.1 Å². The number of nitrogens with zero attached hydrogens (tertiary/aromatic N) is 4. The van der Waals surface area contributed by atoms with E-state index in [1.165, 1.54) is 6.33 Å². The lowest BCUT2D eigenvalue weighted by atomic mass is 10.1. The average Bonchev–Trinajstić information content (AvgIpc) is 2.83. The molecule has 0 aliphatic rings. The first-order valence-corrected chi connectivity index (χ1v) is 5.29. The summed E-state index contributed by atoms with van der Waals surface area (Å²) in [4.78, 5) is 19.6. The molecule has 2 heterocycles. The number of aromatic nitrogens is 4. The molecule has 1 atom stereocenters. The highest BCUT2D eigenvalue weighted by Crippen LogP contribution is 2.07. The van der Waals surface area contributed by atoms with Gasteiger partial charge in [-0.15, -0.1) is 0 Å². The zero-order valence-corrected chi connectivity index (χ0v) is 9.45. The van der Waals surface area contributed by atoms with Crippen LogP contribution >= 0.6 is 0 Å². The molecular formula is C11H13N5O. The third kappa shape index (κ3) is 3.10. The van der Waals surface area contributed by atoms with E-state index in [4.69, 9.17) is 0 Å². The maximum absolute atomic E-state index is 11.8. The molecule has 0 bridgehead atoms. The quantitative estimate of drug-likeness (QED) is 0.850. The van der Waals surface area contributed by atoms with Gasteiger partial charge in [-0.2, -0.15) is 5.10 Å². The van der Waals surface area contributed by atoms with Crippen LogP contribution in [-0.4, -0.2) is 25.7 Å². The van der Waals surface area contributed by atoms with Crippen LogP contribution < -0.4 is 5.32 Å². The van der Waals surface area contributed by atoms with E-state index in [0.29, 0.717) is 12.2 Å². The van der Waals surface area contributed by atoms with Crippen LogP contribution in [0.5, 0.6) is 0 Å². The topological polar surface area (TPSA) is 72.7 Å². The lowest BCUT2D eigenvalue weighted by Gasteiger charge is -2.11. The second kappa shape index (κ2) is 5.20. The summed E-state index contributed by atoms with van der Waals surface area (Å²) in [5.41, 5.74) is 0.697. The van der Waals surface area contributed by atoms with Crippen molar-refractivity contribution in [1.82, 2.24) is 19.7 Å². The smallest absolute Gasteiger partial charge is 0.229 e. The molecular weight excluding hydrogens is 218 g/mol. The molecule has 0 saturated carbocycles. The van der Waals surface area contributed by atoms with Gasteiger partial charge < -0.3 is 5.32 Å². The first kappa shape index (κ1) is 11.3. The minimum absolute atomic E-state index is 0.0616. The van der Waals surface area contributed by atoms with E-state index < -0.39 is 0 Å². The maximum Gasteiger partial charge on any atom is 0.229 e. The van der Waals surface area contributed by atoms with Crippen molar-refractivity contribution in [3.63, 3.8) is 0 Å². The van der Waals surface area contributed by atoms with Crippen molar-refractivity contribution in [1.29, 1.82) is 0 Å². The highest BCUT2D eigenvalue weighted by Gasteiger charge is 2.13. The van der Waals surface area contributed by atoms with Crippen LogP contribution in [0.25, 0.3) is 0 Å². The first-order valence-electron chi connectivity index (χ1n) is 5.29. The number of anilines is 1. The molecule has 2 aromatic rings. The van der Waals surface area contributed by atoms with Gasteiger partial charge in [0.05, 0.1) is 24.3 Å². The molecule has 0 radical (unpaired) electrons. The van der Waals surface area contributed by atoms with Crippen molar-refractivity contribution in [2.45, 2.75) is 13.5 Å². The Kier molecular flexibility index (Phi) is 3.44. The van der Waals surface area contributed by atoms with Crippen molar-refractivity contribution < 1.29 is 4.79 Å². The van der Waals surface area contributed by atoms with Gasteiger partial charge in [0.15, 0.2) is 0 Å². The lowest BCUT2D eigenvalue weighted by molar-refractivity contribution is -0.119. The molecule has 0 fully saturated rings. The Labute approximate surface area is 98.7 Å². The summed E-state index contributed by atoms with van der Waals surface area (Å²) in [7, 11) is 0. The van der Waals surface area contributed by atoms with Crippen LogP contribution in [-0.2, 0) is 11.3 Å². The largest absolute Gasteiger partial charge is 0.324 e. The van der Waals surface area contributed by atoms with Crippen LogP contribution in [0.3, 0.4) is 0 Å². The molecule has 2 aromatic heterocycles. The van der Waals surface area contributed by atoms with Gasteiger partial charge in [0.2, 0.25) is 5.91 Å². The Morgan fingerprint density at radius 3 is 3.06 bits per heavy atom. The van der Waals surface area contributed by atoms with E-state index in [1.54, 1.807) is 35.5 Å². The minimum Gasteiger partial charge on any atom is -0.324 e. The first-order chi connectivity index (χ1) is 8.25. The van der Waals surface area contributed by atoms with Crippen LogP contribution in [0.1, 0.15) is 6.92 Å². The number of hydrogen-bond acceptors (Lipinski definition) is 4. The number of nitrogens with one attached hydrogen (secondary N) is 1. The maximum atomic E-state index is 11.8. The molecule has 6 nitrogen and oxygen atoms in total. The summed E-state index contributed by atoms with van der Waals surface area (Å²) in [5, 5.41) is 6.75. The Balaban J connectivity index is 1.92. The third-order valence-corrected chi connectivity index (χ3v) is 2.30. The molecule has 17 heavy (non-hydrogen) atoms. The van der Waals surface area contributed by atoms with Crippen molar-refractivity contribution in [2.24, 2.45) is 5.92 Å². The number of hydrogen-bond donors (Lipinski definition) is 1. The fraction of sp³-hybridized carbons (Fsp3) is 0.273. The molecule has 0 saturated heterocycles. The second-order valence-corrected chi connectivity index (χ2v) is 3.75. The van der Waals surface area contributed by atoms with E-state index in [2.05, 4.69) is 20.4 Å². The van der Waals surface area contributed by atoms with Crippen LogP contribution in [0.2, 0.25) is 0 Å². The number of pyridine rings is 1. The van der Waals surface area contributed by atoms with Crippen LogP contribution in [0, 0.1) is 5.92 Å². The monoisotopic (exact) mass is 231 g/mol. The molecule has 0 spiro atoms. The molecule has 1 N–H and O–H groups in total. The van der Waals surface area contributed by atoms with Gasteiger partial charge in [0, 0.05) is 6.20 Å². The van der Waals surface area contributed by atoms with Gasteiger partial charge in [-0.3, -0.25) is 14.5 Å². The van der Waals surface area contributed by atoms with E-state index >= 15 is 0 Å². The Morgan fingerprint density at radius 2 is 2.41 bits per heavy atom. The van der Waals surface area contributed by atoms with Gasteiger partial charge in [-0.1, -0.05) is 6.92 Å². The van der Waals surface area contributed by atoms with Gasteiger partial charge in [-0.25, -0.2) is 4.98 Å². The average molecular weight is 231 g/mol. The Bertz CT molecular complexity index is 468. The normalized spacial score (nSPS) is 12.1. The third-order valence-electron chi connectivity index (χ3n) is 2.30.